The molecule has 0 saturated heterocycles. The highest BCUT2D eigenvalue weighted by atomic mass is 19.4. The Labute approximate surface area is 176 Å². The van der Waals surface area contributed by atoms with Gasteiger partial charge in [0.2, 0.25) is 5.91 Å². The van der Waals surface area contributed by atoms with Crippen LogP contribution in [0.3, 0.4) is 0 Å². The van der Waals surface area contributed by atoms with Gasteiger partial charge in [0, 0.05) is 25.4 Å². The highest BCUT2D eigenvalue weighted by molar-refractivity contribution is 5.82. The molecule has 2 heterocycles. The van der Waals surface area contributed by atoms with Crippen LogP contribution in [0, 0.1) is 0 Å². The number of carbonyl (C=O) groups is 1. The number of imidazole rings is 1. The molecule has 4 rings (SSSR count). The molecule has 158 valence electrons. The van der Waals surface area contributed by atoms with E-state index in [0.29, 0.717) is 29.1 Å². The number of pyridine rings is 1. The Kier molecular flexibility index (Phi) is 5.46. The molecular weight excluding hydrogens is 405 g/mol. The smallest absolute Gasteiger partial charge is 0.340 e. The molecule has 0 aliphatic rings. The van der Waals surface area contributed by atoms with Crippen molar-refractivity contribution in [2.75, 3.05) is 7.05 Å². The van der Waals surface area contributed by atoms with Crippen molar-refractivity contribution in [3.8, 4) is 11.4 Å². The molecule has 0 aliphatic heterocycles. The maximum atomic E-state index is 12.9. The molecule has 2 aromatic heterocycles. The van der Waals surface area contributed by atoms with Crippen LogP contribution in [0.1, 0.15) is 11.1 Å². The van der Waals surface area contributed by atoms with Crippen molar-refractivity contribution in [3.63, 3.8) is 0 Å². The van der Waals surface area contributed by atoms with Gasteiger partial charge in [0.15, 0.2) is 5.65 Å². The number of hydrogen-bond donors (Lipinski definition) is 0. The fourth-order valence-electron chi connectivity index (χ4n) is 3.34. The quantitative estimate of drug-likeness (QED) is 0.464. The molecule has 0 aliphatic carbocycles. The second-order valence-corrected chi connectivity index (χ2v) is 7.18. The predicted molar refractivity (Wildman–Crippen MR) is 111 cm³/mol. The highest BCUT2D eigenvalue weighted by Crippen LogP contribution is 2.31. The first-order chi connectivity index (χ1) is 14.8. The first kappa shape index (κ1) is 20.6. The molecule has 0 saturated carbocycles. The van der Waals surface area contributed by atoms with Gasteiger partial charge in [0.05, 0.1) is 5.56 Å². The van der Waals surface area contributed by atoms with Crippen molar-refractivity contribution in [2.45, 2.75) is 19.3 Å². The van der Waals surface area contributed by atoms with Gasteiger partial charge in [-0.15, -0.1) is 0 Å². The van der Waals surface area contributed by atoms with Gasteiger partial charge in [-0.05, 0) is 29.8 Å². The molecular formula is C23H19F3N4O. The van der Waals surface area contributed by atoms with E-state index in [2.05, 4.69) is 9.97 Å². The molecule has 0 atom stereocenters. The van der Waals surface area contributed by atoms with E-state index in [1.165, 1.54) is 12.1 Å². The number of rotatable bonds is 5. The van der Waals surface area contributed by atoms with Gasteiger partial charge in [-0.1, -0.05) is 42.5 Å². The van der Waals surface area contributed by atoms with E-state index in [0.717, 1.165) is 17.7 Å². The van der Waals surface area contributed by atoms with E-state index in [4.69, 9.17) is 0 Å². The third-order valence-corrected chi connectivity index (χ3v) is 4.96. The zero-order chi connectivity index (χ0) is 22.0. The van der Waals surface area contributed by atoms with Gasteiger partial charge in [-0.3, -0.25) is 9.36 Å². The van der Waals surface area contributed by atoms with E-state index in [1.54, 1.807) is 34.8 Å². The average Bonchev–Trinajstić information content (AvgIpc) is 3.12. The zero-order valence-electron chi connectivity index (χ0n) is 16.7. The molecule has 8 heteroatoms. The number of halogens is 3. The van der Waals surface area contributed by atoms with Gasteiger partial charge in [-0.25, -0.2) is 9.97 Å². The predicted octanol–water partition coefficient (Wildman–Crippen LogP) is 4.78. The largest absolute Gasteiger partial charge is 0.416 e. The van der Waals surface area contributed by atoms with Crippen LogP contribution in [0.4, 0.5) is 13.2 Å². The Morgan fingerprint density at radius 2 is 1.71 bits per heavy atom. The minimum absolute atomic E-state index is 0.0345. The van der Waals surface area contributed by atoms with Gasteiger partial charge in [0.1, 0.15) is 17.9 Å². The van der Waals surface area contributed by atoms with Crippen LogP contribution in [-0.4, -0.2) is 32.4 Å². The van der Waals surface area contributed by atoms with E-state index >= 15 is 0 Å². The van der Waals surface area contributed by atoms with Gasteiger partial charge < -0.3 is 4.90 Å². The Morgan fingerprint density at radius 1 is 1.00 bits per heavy atom. The molecule has 1 amide bonds. The fourth-order valence-corrected chi connectivity index (χ4v) is 3.34. The Hall–Kier alpha value is -3.68. The lowest BCUT2D eigenvalue weighted by Crippen LogP contribution is -2.30. The lowest BCUT2D eigenvalue weighted by molar-refractivity contribution is -0.137. The Bertz CT molecular complexity index is 1200. The summed E-state index contributed by atoms with van der Waals surface area (Å²) in [6.07, 6.45) is -2.83. The molecule has 31 heavy (non-hydrogen) atoms. The number of hydrogen-bond acceptors (Lipinski definition) is 3. The number of amides is 1. The number of fused-ring (bicyclic) bond motifs is 1. The van der Waals surface area contributed by atoms with Crippen molar-refractivity contribution >= 4 is 17.1 Å². The highest BCUT2D eigenvalue weighted by Gasteiger charge is 2.30. The molecule has 0 spiro atoms. The molecule has 0 radical (unpaired) electrons. The third-order valence-electron chi connectivity index (χ3n) is 4.96. The van der Waals surface area contributed by atoms with Crippen LogP contribution in [-0.2, 0) is 24.1 Å². The van der Waals surface area contributed by atoms with Crippen LogP contribution in [0.5, 0.6) is 0 Å². The van der Waals surface area contributed by atoms with Crippen molar-refractivity contribution in [1.29, 1.82) is 0 Å². The average molecular weight is 424 g/mol. The normalized spacial score (nSPS) is 11.6. The second kappa shape index (κ2) is 8.22. The van der Waals surface area contributed by atoms with Crippen LogP contribution in [0.2, 0.25) is 0 Å². The lowest BCUT2D eigenvalue weighted by atomic mass is 10.1. The van der Waals surface area contributed by atoms with Crippen molar-refractivity contribution in [2.24, 2.45) is 0 Å². The maximum absolute atomic E-state index is 12.9. The number of carbonyl (C=O) groups excluding carboxylic acids is 1. The van der Waals surface area contributed by atoms with Gasteiger partial charge in [0.25, 0.3) is 0 Å². The number of aromatic nitrogens is 3. The molecule has 0 N–H and O–H groups in total. The van der Waals surface area contributed by atoms with E-state index in [-0.39, 0.29) is 12.5 Å². The Balaban J connectivity index is 1.66. The number of nitrogens with zero attached hydrogens (tertiary/aromatic N) is 4. The summed E-state index contributed by atoms with van der Waals surface area (Å²) in [5.41, 5.74) is 1.80. The standard InChI is InChI=1S/C23H19F3N4O/c1-29(14-16-6-3-2-4-7-16)20(31)15-30-21(28-19-8-5-13-27-22(19)30)17-9-11-18(12-10-17)23(24,25)26/h2-13H,14-15H2,1H3. The van der Waals surface area contributed by atoms with Crippen molar-refractivity contribution < 1.29 is 18.0 Å². The van der Waals surface area contributed by atoms with Gasteiger partial charge in [-0.2, -0.15) is 13.2 Å². The summed E-state index contributed by atoms with van der Waals surface area (Å²) in [7, 11) is 1.71. The topological polar surface area (TPSA) is 51.0 Å². The summed E-state index contributed by atoms with van der Waals surface area (Å²) in [5, 5.41) is 0. The number of alkyl halides is 3. The first-order valence-corrected chi connectivity index (χ1v) is 9.60. The molecule has 2 aromatic carbocycles. The minimum atomic E-state index is -4.42. The summed E-state index contributed by atoms with van der Waals surface area (Å²) >= 11 is 0. The monoisotopic (exact) mass is 424 g/mol. The lowest BCUT2D eigenvalue weighted by Gasteiger charge is -2.18. The van der Waals surface area contributed by atoms with E-state index < -0.39 is 11.7 Å². The number of benzene rings is 2. The van der Waals surface area contributed by atoms with Crippen LogP contribution < -0.4 is 0 Å². The van der Waals surface area contributed by atoms with Crippen LogP contribution in [0.15, 0.2) is 72.9 Å². The van der Waals surface area contributed by atoms with Gasteiger partial charge >= 0.3 is 6.18 Å². The SMILES string of the molecule is CN(Cc1ccccc1)C(=O)Cn1c(-c2ccc(C(F)(F)F)cc2)nc2cccnc21. The summed E-state index contributed by atoms with van der Waals surface area (Å²) in [4.78, 5) is 23.4. The van der Waals surface area contributed by atoms with Crippen molar-refractivity contribution in [3.05, 3.63) is 84.1 Å². The Morgan fingerprint density at radius 3 is 2.39 bits per heavy atom. The van der Waals surface area contributed by atoms with Crippen LogP contribution >= 0.6 is 0 Å². The molecule has 5 nitrogen and oxygen atoms in total. The number of likely N-dealkylation sites (N-methyl/N-ethyl adjacent to an activating group) is 1. The van der Waals surface area contributed by atoms with E-state index in [1.807, 2.05) is 30.3 Å². The summed E-state index contributed by atoms with van der Waals surface area (Å²) in [5.74, 6) is 0.228. The summed E-state index contributed by atoms with van der Waals surface area (Å²) in [6, 6.07) is 17.8. The minimum Gasteiger partial charge on any atom is -0.340 e. The zero-order valence-corrected chi connectivity index (χ0v) is 16.7. The second-order valence-electron chi connectivity index (χ2n) is 7.18. The summed E-state index contributed by atoms with van der Waals surface area (Å²) < 4.78 is 40.4. The molecule has 0 unspecified atom stereocenters. The fraction of sp³-hybridized carbons (Fsp3) is 0.174. The van der Waals surface area contributed by atoms with E-state index in [9.17, 15) is 18.0 Å². The summed E-state index contributed by atoms with van der Waals surface area (Å²) in [6.45, 7) is 0.405. The van der Waals surface area contributed by atoms with Crippen molar-refractivity contribution in [1.82, 2.24) is 19.4 Å². The molecule has 0 bridgehead atoms. The maximum Gasteiger partial charge on any atom is 0.416 e. The third kappa shape index (κ3) is 4.42. The van der Waals surface area contributed by atoms with Crippen LogP contribution in [0.25, 0.3) is 22.6 Å². The molecule has 0 fully saturated rings. The first-order valence-electron chi connectivity index (χ1n) is 9.60. The molecule has 4 aromatic rings.